The summed E-state index contributed by atoms with van der Waals surface area (Å²) < 4.78 is 6.25. The maximum atomic E-state index is 8.91. The van der Waals surface area contributed by atoms with Crippen LogP contribution in [0.15, 0.2) is 38.4 Å². The molecule has 0 saturated carbocycles. The van der Waals surface area contributed by atoms with Crippen molar-refractivity contribution in [1.29, 1.82) is 5.26 Å². The van der Waals surface area contributed by atoms with Gasteiger partial charge >= 0.3 is 0 Å². The topological polar surface area (TPSA) is 90.0 Å². The molecule has 0 radical (unpaired) electrons. The average molecular weight is 344 g/mol. The van der Waals surface area contributed by atoms with Gasteiger partial charge in [-0.05, 0) is 18.2 Å². The van der Waals surface area contributed by atoms with Crippen LogP contribution in [0.4, 0.5) is 5.88 Å². The molecule has 0 amide bonds. The summed E-state index contributed by atoms with van der Waals surface area (Å²) in [5.41, 5.74) is 4.83. The summed E-state index contributed by atoms with van der Waals surface area (Å²) in [5.74, 6) is 0.660. The third kappa shape index (κ3) is 2.66. The summed E-state index contributed by atoms with van der Waals surface area (Å²) in [5, 5.41) is 14.0. The number of benzene rings is 1. The molecule has 2 aromatic heterocycles. The molecule has 104 valence electrons. The molecule has 3 aromatic rings. The van der Waals surface area contributed by atoms with Crippen LogP contribution in [-0.2, 0) is 0 Å². The summed E-state index contributed by atoms with van der Waals surface area (Å²) in [6.45, 7) is 1.67. The van der Waals surface area contributed by atoms with Crippen molar-refractivity contribution in [2.45, 2.75) is 6.92 Å². The quantitative estimate of drug-likeness (QED) is 0.562. The van der Waals surface area contributed by atoms with Gasteiger partial charge in [-0.1, -0.05) is 15.9 Å². The fourth-order valence-corrected chi connectivity index (χ4v) is 2.32. The van der Waals surface area contributed by atoms with Crippen LogP contribution in [0.3, 0.4) is 0 Å². The van der Waals surface area contributed by atoms with Gasteiger partial charge in [0.05, 0.1) is 6.21 Å². The van der Waals surface area contributed by atoms with Crippen LogP contribution in [0, 0.1) is 18.3 Å². The number of aromatic amines is 1. The van der Waals surface area contributed by atoms with Crippen molar-refractivity contribution in [3.05, 3.63) is 46.0 Å². The first-order valence-electron chi connectivity index (χ1n) is 6.10. The van der Waals surface area contributed by atoms with E-state index in [0.29, 0.717) is 5.89 Å². The molecule has 0 atom stereocenters. The van der Waals surface area contributed by atoms with E-state index in [1.54, 1.807) is 13.1 Å². The molecular weight excluding hydrogens is 334 g/mol. The number of hydrogen-bond donors (Lipinski definition) is 2. The van der Waals surface area contributed by atoms with E-state index in [0.717, 1.165) is 20.9 Å². The number of nitrogens with one attached hydrogen (secondary N) is 2. The lowest BCUT2D eigenvalue weighted by Crippen LogP contribution is -1.91. The molecule has 0 aliphatic rings. The highest BCUT2D eigenvalue weighted by atomic mass is 79.9. The molecule has 2 N–H and O–H groups in total. The summed E-state index contributed by atoms with van der Waals surface area (Å²) in [4.78, 5) is 7.09. The molecule has 0 unspecified atom stereocenters. The fraction of sp³-hybridized carbons (Fsp3) is 0.0714. The predicted octanol–water partition coefficient (Wildman–Crippen LogP) is 3.54. The molecule has 21 heavy (non-hydrogen) atoms. The van der Waals surface area contributed by atoms with E-state index in [4.69, 9.17) is 9.68 Å². The third-order valence-corrected chi connectivity index (χ3v) is 3.38. The number of H-pyrrole nitrogens is 1. The Balaban J connectivity index is 1.85. The van der Waals surface area contributed by atoms with Gasteiger partial charge in [0, 0.05) is 34.1 Å². The number of halogens is 1. The van der Waals surface area contributed by atoms with E-state index in [1.165, 1.54) is 0 Å². The lowest BCUT2D eigenvalue weighted by molar-refractivity contribution is 0.533. The van der Waals surface area contributed by atoms with Gasteiger partial charge in [0.1, 0.15) is 6.07 Å². The lowest BCUT2D eigenvalue weighted by atomic mass is 10.2. The van der Waals surface area contributed by atoms with Crippen molar-refractivity contribution >= 4 is 38.9 Å². The highest BCUT2D eigenvalue weighted by Crippen LogP contribution is 2.22. The molecule has 0 saturated heterocycles. The second kappa shape index (κ2) is 5.42. The smallest absolute Gasteiger partial charge is 0.252 e. The Morgan fingerprint density at radius 2 is 2.38 bits per heavy atom. The Labute approximate surface area is 128 Å². The van der Waals surface area contributed by atoms with Crippen LogP contribution in [-0.4, -0.2) is 16.2 Å². The van der Waals surface area contributed by atoms with Gasteiger partial charge in [0.2, 0.25) is 5.69 Å². The Kier molecular flexibility index (Phi) is 3.46. The first-order chi connectivity index (χ1) is 10.2. The molecule has 6 nitrogen and oxygen atoms in total. The Morgan fingerprint density at radius 1 is 1.52 bits per heavy atom. The standard InChI is InChI=1S/C14H10BrN5O/c1-8-19-13(5-16)14(21-8)20-18-7-9-6-17-12-3-2-10(15)4-11(9)12/h2-4,6-7,17,20H,1H3. The first-order valence-corrected chi connectivity index (χ1v) is 6.90. The number of anilines is 1. The minimum atomic E-state index is 0.186. The number of nitrogens with zero attached hydrogens (tertiary/aromatic N) is 3. The van der Waals surface area contributed by atoms with Crippen LogP contribution in [0.25, 0.3) is 10.9 Å². The van der Waals surface area contributed by atoms with Gasteiger partial charge in [0.25, 0.3) is 5.88 Å². The Bertz CT molecular complexity index is 871. The monoisotopic (exact) mass is 343 g/mol. The summed E-state index contributed by atoms with van der Waals surface area (Å²) in [6.07, 6.45) is 3.52. The van der Waals surface area contributed by atoms with E-state index < -0.39 is 0 Å². The zero-order chi connectivity index (χ0) is 14.8. The molecule has 0 fully saturated rings. The number of hydrazone groups is 1. The number of rotatable bonds is 3. The predicted molar refractivity (Wildman–Crippen MR) is 83.2 cm³/mol. The minimum Gasteiger partial charge on any atom is -0.422 e. The molecule has 0 aliphatic heterocycles. The molecule has 7 heteroatoms. The summed E-state index contributed by atoms with van der Waals surface area (Å²) in [7, 11) is 0. The normalized spacial score (nSPS) is 11.1. The zero-order valence-electron chi connectivity index (χ0n) is 11.0. The van der Waals surface area contributed by atoms with Gasteiger partial charge < -0.3 is 9.40 Å². The van der Waals surface area contributed by atoms with Crippen LogP contribution in [0.2, 0.25) is 0 Å². The molecule has 1 aromatic carbocycles. The average Bonchev–Trinajstić information content (AvgIpc) is 3.02. The van der Waals surface area contributed by atoms with Gasteiger partial charge in [0.15, 0.2) is 5.89 Å². The van der Waals surface area contributed by atoms with E-state index in [2.05, 4.69) is 36.4 Å². The van der Waals surface area contributed by atoms with Gasteiger partial charge in [-0.15, -0.1) is 0 Å². The zero-order valence-corrected chi connectivity index (χ0v) is 12.6. The van der Waals surface area contributed by atoms with Crippen LogP contribution >= 0.6 is 15.9 Å². The minimum absolute atomic E-state index is 0.186. The lowest BCUT2D eigenvalue weighted by Gasteiger charge is -1.95. The van der Waals surface area contributed by atoms with Gasteiger partial charge in [-0.2, -0.15) is 10.4 Å². The molecule has 0 spiro atoms. The van der Waals surface area contributed by atoms with E-state index in [-0.39, 0.29) is 11.6 Å². The van der Waals surface area contributed by atoms with Gasteiger partial charge in [-0.3, -0.25) is 0 Å². The number of aryl methyl sites for hydroxylation is 1. The van der Waals surface area contributed by atoms with Crippen molar-refractivity contribution < 1.29 is 4.42 Å². The van der Waals surface area contributed by atoms with Crippen molar-refractivity contribution in [3.8, 4) is 6.07 Å². The SMILES string of the molecule is Cc1nc(C#N)c(NN=Cc2c[nH]c3ccc(Br)cc23)o1. The third-order valence-electron chi connectivity index (χ3n) is 2.89. The Hall–Kier alpha value is -2.59. The van der Waals surface area contributed by atoms with Crippen molar-refractivity contribution in [1.82, 2.24) is 9.97 Å². The first kappa shape index (κ1) is 13.4. The van der Waals surface area contributed by atoms with Gasteiger partial charge in [-0.25, -0.2) is 10.4 Å². The van der Waals surface area contributed by atoms with E-state index >= 15 is 0 Å². The molecule has 0 bridgehead atoms. The number of fused-ring (bicyclic) bond motifs is 1. The number of aromatic nitrogens is 2. The highest BCUT2D eigenvalue weighted by Gasteiger charge is 2.09. The van der Waals surface area contributed by atoms with Crippen LogP contribution in [0.5, 0.6) is 0 Å². The maximum absolute atomic E-state index is 8.91. The fourth-order valence-electron chi connectivity index (χ4n) is 1.96. The largest absolute Gasteiger partial charge is 0.422 e. The molecule has 3 rings (SSSR count). The van der Waals surface area contributed by atoms with E-state index in [1.807, 2.05) is 30.5 Å². The maximum Gasteiger partial charge on any atom is 0.252 e. The van der Waals surface area contributed by atoms with Crippen molar-refractivity contribution in [2.24, 2.45) is 5.10 Å². The van der Waals surface area contributed by atoms with Crippen molar-refractivity contribution in [3.63, 3.8) is 0 Å². The molecular formula is C14H10BrN5O. The Morgan fingerprint density at radius 3 is 3.19 bits per heavy atom. The van der Waals surface area contributed by atoms with Crippen LogP contribution in [0.1, 0.15) is 17.1 Å². The van der Waals surface area contributed by atoms with Crippen LogP contribution < -0.4 is 5.43 Å². The second-order valence-electron chi connectivity index (χ2n) is 4.33. The summed E-state index contributed by atoms with van der Waals surface area (Å²) in [6, 6.07) is 7.90. The number of nitriles is 1. The number of oxazole rings is 1. The summed E-state index contributed by atoms with van der Waals surface area (Å²) >= 11 is 3.44. The molecule has 2 heterocycles. The number of hydrogen-bond acceptors (Lipinski definition) is 5. The van der Waals surface area contributed by atoms with Crippen molar-refractivity contribution in [2.75, 3.05) is 5.43 Å². The highest BCUT2D eigenvalue weighted by molar-refractivity contribution is 9.10. The van der Waals surface area contributed by atoms with E-state index in [9.17, 15) is 0 Å². The second-order valence-corrected chi connectivity index (χ2v) is 5.24. The molecule has 0 aliphatic carbocycles.